The van der Waals surface area contributed by atoms with Crippen LogP contribution in [0.25, 0.3) is 11.1 Å². The van der Waals surface area contributed by atoms with E-state index in [2.05, 4.69) is 5.32 Å². The average molecular weight is 417 g/mol. The van der Waals surface area contributed by atoms with Crippen LogP contribution in [0.1, 0.15) is 31.7 Å². The van der Waals surface area contributed by atoms with Gasteiger partial charge in [-0.3, -0.25) is 14.4 Å². The van der Waals surface area contributed by atoms with Crippen molar-refractivity contribution in [3.8, 4) is 11.1 Å². The minimum absolute atomic E-state index is 0.0115. The molecule has 154 valence electrons. The summed E-state index contributed by atoms with van der Waals surface area (Å²) in [6.45, 7) is 2.00. The van der Waals surface area contributed by atoms with E-state index in [0.29, 0.717) is 11.4 Å². The van der Waals surface area contributed by atoms with Gasteiger partial charge in [-0.2, -0.15) is 0 Å². The van der Waals surface area contributed by atoms with Gasteiger partial charge in [-0.15, -0.1) is 0 Å². The van der Waals surface area contributed by atoms with Crippen LogP contribution in [0.4, 0.5) is 0 Å². The van der Waals surface area contributed by atoms with Gasteiger partial charge in [-0.25, -0.2) is 0 Å². The van der Waals surface area contributed by atoms with E-state index in [-0.39, 0.29) is 37.7 Å². The summed E-state index contributed by atoms with van der Waals surface area (Å²) in [5.41, 5.74) is 8.07. The van der Waals surface area contributed by atoms with Gasteiger partial charge in [0, 0.05) is 23.9 Å². The van der Waals surface area contributed by atoms with E-state index in [9.17, 15) is 14.4 Å². The number of nitrogens with two attached hydrogens (primary N) is 1. The van der Waals surface area contributed by atoms with Gasteiger partial charge in [0.05, 0.1) is 13.0 Å². The molecule has 0 aliphatic carbocycles. The van der Waals surface area contributed by atoms with Crippen molar-refractivity contribution in [1.82, 2.24) is 5.32 Å². The molecule has 0 fully saturated rings. The molecule has 6 nitrogen and oxygen atoms in total. The molecule has 2 aromatic rings. The number of rotatable bonds is 10. The number of hydrogen-bond donors (Lipinski definition) is 2. The van der Waals surface area contributed by atoms with E-state index in [1.807, 2.05) is 48.5 Å². The zero-order chi connectivity index (χ0) is 21.2. The molecule has 0 aliphatic heterocycles. The third kappa shape index (κ3) is 7.95. The summed E-state index contributed by atoms with van der Waals surface area (Å²) in [7, 11) is 0. The van der Waals surface area contributed by atoms with E-state index >= 15 is 0 Å². The highest BCUT2D eigenvalue weighted by Crippen LogP contribution is 2.23. The number of esters is 1. The first kappa shape index (κ1) is 22.4. The molecule has 0 bridgehead atoms. The molecule has 0 saturated carbocycles. The Labute approximate surface area is 175 Å². The third-order valence-corrected chi connectivity index (χ3v) is 4.51. The SMILES string of the molecule is CCOC(=O)CC(Cc1ccc(-c2cccc(Cl)c2)cc1)NC(=O)CCC(N)=O. The Kier molecular flexibility index (Phi) is 8.68. The van der Waals surface area contributed by atoms with Crippen molar-refractivity contribution in [2.24, 2.45) is 5.73 Å². The Hall–Kier alpha value is -2.86. The molecule has 1 atom stereocenters. The fourth-order valence-electron chi connectivity index (χ4n) is 2.92. The number of halogens is 1. The molecule has 0 aliphatic rings. The third-order valence-electron chi connectivity index (χ3n) is 4.28. The maximum atomic E-state index is 12.1. The topological polar surface area (TPSA) is 98.5 Å². The van der Waals surface area contributed by atoms with Crippen molar-refractivity contribution in [3.63, 3.8) is 0 Å². The number of carbonyl (C=O) groups is 3. The summed E-state index contributed by atoms with van der Waals surface area (Å²) < 4.78 is 5.00. The molecule has 3 N–H and O–H groups in total. The quantitative estimate of drug-likeness (QED) is 0.581. The first-order valence-electron chi connectivity index (χ1n) is 9.45. The van der Waals surface area contributed by atoms with E-state index < -0.39 is 11.9 Å². The van der Waals surface area contributed by atoms with Crippen LogP contribution in [-0.4, -0.2) is 30.4 Å². The summed E-state index contributed by atoms with van der Waals surface area (Å²) >= 11 is 6.05. The van der Waals surface area contributed by atoms with Crippen LogP contribution < -0.4 is 11.1 Å². The summed E-state index contributed by atoms with van der Waals surface area (Å²) in [5, 5.41) is 3.47. The van der Waals surface area contributed by atoms with E-state index in [1.54, 1.807) is 6.92 Å². The molecule has 0 heterocycles. The van der Waals surface area contributed by atoms with E-state index in [1.165, 1.54) is 0 Å². The number of amides is 2. The van der Waals surface area contributed by atoms with Gasteiger partial charge in [0.2, 0.25) is 11.8 Å². The number of carbonyl (C=O) groups excluding carboxylic acids is 3. The van der Waals surface area contributed by atoms with Crippen LogP contribution in [0, 0.1) is 0 Å². The Balaban J connectivity index is 2.07. The number of nitrogens with one attached hydrogen (secondary N) is 1. The van der Waals surface area contributed by atoms with Gasteiger partial charge >= 0.3 is 5.97 Å². The molecule has 0 spiro atoms. The fraction of sp³-hybridized carbons (Fsp3) is 0.318. The molecule has 2 amide bonds. The zero-order valence-electron chi connectivity index (χ0n) is 16.3. The predicted molar refractivity (Wildman–Crippen MR) is 112 cm³/mol. The number of hydrogen-bond acceptors (Lipinski definition) is 4. The lowest BCUT2D eigenvalue weighted by molar-refractivity contribution is -0.143. The number of ether oxygens (including phenoxy) is 1. The van der Waals surface area contributed by atoms with Gasteiger partial charge in [-0.1, -0.05) is 48.0 Å². The number of benzene rings is 2. The smallest absolute Gasteiger partial charge is 0.307 e. The van der Waals surface area contributed by atoms with Crippen molar-refractivity contribution >= 4 is 29.4 Å². The first-order chi connectivity index (χ1) is 13.9. The summed E-state index contributed by atoms with van der Waals surface area (Å²) in [4.78, 5) is 34.9. The second-order valence-electron chi connectivity index (χ2n) is 6.65. The summed E-state index contributed by atoms with van der Waals surface area (Å²) in [6.07, 6.45) is 0.456. The van der Waals surface area contributed by atoms with Gasteiger partial charge in [0.15, 0.2) is 0 Å². The van der Waals surface area contributed by atoms with Gasteiger partial charge in [0.25, 0.3) is 0 Å². The molecule has 1 unspecified atom stereocenters. The van der Waals surface area contributed by atoms with Gasteiger partial charge in [-0.05, 0) is 42.2 Å². The fourth-order valence-corrected chi connectivity index (χ4v) is 3.11. The second-order valence-corrected chi connectivity index (χ2v) is 7.09. The minimum Gasteiger partial charge on any atom is -0.466 e. The van der Waals surface area contributed by atoms with Crippen LogP contribution in [-0.2, 0) is 25.5 Å². The maximum Gasteiger partial charge on any atom is 0.307 e. The van der Waals surface area contributed by atoms with Gasteiger partial charge in [0.1, 0.15) is 0 Å². The minimum atomic E-state index is -0.543. The predicted octanol–water partition coefficient (Wildman–Crippen LogP) is 3.25. The monoisotopic (exact) mass is 416 g/mol. The normalized spacial score (nSPS) is 11.5. The summed E-state index contributed by atoms with van der Waals surface area (Å²) in [6, 6.07) is 15.0. The van der Waals surface area contributed by atoms with Crippen LogP contribution >= 0.6 is 11.6 Å². The van der Waals surface area contributed by atoms with Crippen molar-refractivity contribution < 1.29 is 19.1 Å². The molecule has 2 aromatic carbocycles. The van der Waals surface area contributed by atoms with Crippen molar-refractivity contribution in [2.45, 2.75) is 38.6 Å². The molecule has 0 saturated heterocycles. The molecular formula is C22H25ClN2O4. The molecular weight excluding hydrogens is 392 g/mol. The first-order valence-corrected chi connectivity index (χ1v) is 9.83. The molecule has 0 aromatic heterocycles. The number of primary amides is 1. The average Bonchev–Trinajstić information content (AvgIpc) is 2.67. The van der Waals surface area contributed by atoms with Gasteiger partial charge < -0.3 is 15.8 Å². The van der Waals surface area contributed by atoms with Crippen LogP contribution in [0.2, 0.25) is 5.02 Å². The lowest BCUT2D eigenvalue weighted by Crippen LogP contribution is -2.38. The van der Waals surface area contributed by atoms with Crippen LogP contribution in [0.15, 0.2) is 48.5 Å². The van der Waals surface area contributed by atoms with E-state index in [4.69, 9.17) is 22.1 Å². The summed E-state index contributed by atoms with van der Waals surface area (Å²) in [5.74, 6) is -1.25. The Bertz CT molecular complexity index is 852. The molecule has 29 heavy (non-hydrogen) atoms. The Morgan fingerprint density at radius 2 is 1.79 bits per heavy atom. The Morgan fingerprint density at radius 1 is 1.07 bits per heavy atom. The zero-order valence-corrected chi connectivity index (χ0v) is 17.1. The standard InChI is InChI=1S/C22H25ClN2O4/c1-2-29-22(28)14-19(25-21(27)11-10-20(24)26)12-15-6-8-16(9-7-15)17-4-3-5-18(23)13-17/h3-9,13,19H,2,10-12,14H2,1H3,(H2,24,26)(H,25,27). The molecule has 0 radical (unpaired) electrons. The molecule has 2 rings (SSSR count). The largest absolute Gasteiger partial charge is 0.466 e. The highest BCUT2D eigenvalue weighted by atomic mass is 35.5. The van der Waals surface area contributed by atoms with Crippen molar-refractivity contribution in [1.29, 1.82) is 0 Å². The molecule has 7 heteroatoms. The van der Waals surface area contributed by atoms with Crippen LogP contribution in [0.3, 0.4) is 0 Å². The van der Waals surface area contributed by atoms with E-state index in [0.717, 1.165) is 16.7 Å². The van der Waals surface area contributed by atoms with Crippen molar-refractivity contribution in [3.05, 3.63) is 59.1 Å². The highest BCUT2D eigenvalue weighted by Gasteiger charge is 2.18. The highest BCUT2D eigenvalue weighted by molar-refractivity contribution is 6.30. The lowest BCUT2D eigenvalue weighted by Gasteiger charge is -2.18. The maximum absolute atomic E-state index is 12.1. The lowest BCUT2D eigenvalue weighted by atomic mass is 9.99. The van der Waals surface area contributed by atoms with Crippen molar-refractivity contribution in [2.75, 3.05) is 6.61 Å². The Morgan fingerprint density at radius 3 is 2.41 bits per heavy atom. The van der Waals surface area contributed by atoms with Crippen LogP contribution in [0.5, 0.6) is 0 Å². The second kappa shape index (κ2) is 11.2.